The first-order valence-electron chi connectivity index (χ1n) is 7.95. The summed E-state index contributed by atoms with van der Waals surface area (Å²) in [5.41, 5.74) is 3.28. The standard InChI is InChI=1S/C18H23BrN2O2/c1-11-16-14(8-9-21(11)17(22)23-18(2,3)4)13-7-6-12(19)10-15(13)20(16)5/h6-7,10-11H,8-9H2,1-5H3. The van der Waals surface area contributed by atoms with Crippen LogP contribution >= 0.6 is 15.9 Å². The van der Waals surface area contributed by atoms with E-state index in [1.54, 1.807) is 0 Å². The summed E-state index contributed by atoms with van der Waals surface area (Å²) in [4.78, 5) is 14.3. The van der Waals surface area contributed by atoms with E-state index in [0.29, 0.717) is 6.54 Å². The third kappa shape index (κ3) is 2.87. The molecule has 124 valence electrons. The molecule has 0 saturated carbocycles. The number of nitrogens with zero attached hydrogens (tertiary/aromatic N) is 2. The van der Waals surface area contributed by atoms with E-state index in [2.05, 4.69) is 52.7 Å². The number of amides is 1. The third-order valence-electron chi connectivity index (χ3n) is 4.41. The van der Waals surface area contributed by atoms with Crippen LogP contribution in [0.25, 0.3) is 10.9 Å². The Morgan fingerprint density at radius 2 is 2.04 bits per heavy atom. The number of benzene rings is 1. The minimum atomic E-state index is -0.471. The fourth-order valence-corrected chi connectivity index (χ4v) is 3.80. The van der Waals surface area contributed by atoms with Crippen molar-refractivity contribution in [2.75, 3.05) is 6.54 Å². The maximum atomic E-state index is 12.5. The molecule has 1 unspecified atom stereocenters. The molecule has 1 aromatic carbocycles. The number of aromatic nitrogens is 1. The fourth-order valence-electron chi connectivity index (χ4n) is 3.45. The number of carbonyl (C=O) groups excluding carboxylic acids is 1. The van der Waals surface area contributed by atoms with Gasteiger partial charge in [0.2, 0.25) is 0 Å². The second-order valence-corrected chi connectivity index (χ2v) is 8.10. The van der Waals surface area contributed by atoms with Crippen molar-refractivity contribution in [3.8, 4) is 0 Å². The van der Waals surface area contributed by atoms with Gasteiger partial charge in [-0.05, 0) is 51.8 Å². The van der Waals surface area contributed by atoms with Crippen LogP contribution in [0.5, 0.6) is 0 Å². The first kappa shape index (κ1) is 16.4. The average molecular weight is 379 g/mol. The lowest BCUT2D eigenvalue weighted by molar-refractivity contribution is 0.0153. The van der Waals surface area contributed by atoms with Gasteiger partial charge in [-0.2, -0.15) is 0 Å². The molecule has 0 radical (unpaired) electrons. The predicted octanol–water partition coefficient (Wildman–Crippen LogP) is 4.80. The first-order valence-corrected chi connectivity index (χ1v) is 8.74. The molecule has 0 fully saturated rings. The Kier molecular flexibility index (Phi) is 3.95. The van der Waals surface area contributed by atoms with Gasteiger partial charge in [-0.3, -0.25) is 4.90 Å². The van der Waals surface area contributed by atoms with Gasteiger partial charge in [-0.15, -0.1) is 0 Å². The highest BCUT2D eigenvalue weighted by Crippen LogP contribution is 2.37. The minimum Gasteiger partial charge on any atom is -0.444 e. The molecule has 1 aliphatic heterocycles. The molecule has 4 nitrogen and oxygen atoms in total. The summed E-state index contributed by atoms with van der Waals surface area (Å²) < 4.78 is 8.84. The number of rotatable bonds is 0. The van der Waals surface area contributed by atoms with E-state index in [9.17, 15) is 4.79 Å². The second kappa shape index (κ2) is 5.55. The number of ether oxygens (including phenoxy) is 1. The molecule has 3 rings (SSSR count). The van der Waals surface area contributed by atoms with Crippen LogP contribution in [0, 0.1) is 0 Å². The molecular formula is C18H23BrN2O2. The molecule has 0 aliphatic carbocycles. The van der Waals surface area contributed by atoms with Gasteiger partial charge in [0, 0.05) is 34.7 Å². The van der Waals surface area contributed by atoms with Crippen molar-refractivity contribution in [3.05, 3.63) is 33.9 Å². The number of hydrogen-bond acceptors (Lipinski definition) is 2. The van der Waals surface area contributed by atoms with Crippen LogP contribution in [-0.4, -0.2) is 27.7 Å². The Hall–Kier alpha value is -1.49. The van der Waals surface area contributed by atoms with Gasteiger partial charge in [0.15, 0.2) is 0 Å². The molecule has 23 heavy (non-hydrogen) atoms. The number of fused-ring (bicyclic) bond motifs is 3. The van der Waals surface area contributed by atoms with Crippen molar-refractivity contribution in [3.63, 3.8) is 0 Å². The summed E-state index contributed by atoms with van der Waals surface area (Å²) >= 11 is 3.55. The van der Waals surface area contributed by atoms with Crippen LogP contribution in [0.15, 0.2) is 22.7 Å². The van der Waals surface area contributed by atoms with Crippen LogP contribution in [0.2, 0.25) is 0 Å². The Balaban J connectivity index is 2.01. The molecule has 0 N–H and O–H groups in total. The van der Waals surface area contributed by atoms with E-state index in [-0.39, 0.29) is 12.1 Å². The van der Waals surface area contributed by atoms with Gasteiger partial charge < -0.3 is 9.30 Å². The smallest absolute Gasteiger partial charge is 0.410 e. The highest BCUT2D eigenvalue weighted by Gasteiger charge is 2.34. The topological polar surface area (TPSA) is 34.5 Å². The average Bonchev–Trinajstić information content (AvgIpc) is 2.71. The predicted molar refractivity (Wildman–Crippen MR) is 95.7 cm³/mol. The second-order valence-electron chi connectivity index (χ2n) is 7.18. The SMILES string of the molecule is CC1c2c(c3ccc(Br)cc3n2C)CCN1C(=O)OC(C)(C)C. The fraction of sp³-hybridized carbons (Fsp3) is 0.500. The molecule has 1 aromatic heterocycles. The van der Waals surface area contributed by atoms with Gasteiger partial charge in [0.25, 0.3) is 0 Å². The number of hydrogen-bond donors (Lipinski definition) is 0. The summed E-state index contributed by atoms with van der Waals surface area (Å²) in [6.45, 7) is 8.48. The maximum absolute atomic E-state index is 12.5. The normalized spacial score (nSPS) is 18.2. The van der Waals surface area contributed by atoms with E-state index in [1.807, 2.05) is 25.7 Å². The number of carbonyl (C=O) groups is 1. The molecule has 1 atom stereocenters. The van der Waals surface area contributed by atoms with Crippen LogP contribution in [0.4, 0.5) is 4.79 Å². The number of aryl methyl sites for hydroxylation is 1. The Morgan fingerprint density at radius 1 is 1.35 bits per heavy atom. The van der Waals surface area contributed by atoms with Gasteiger partial charge in [0.05, 0.1) is 6.04 Å². The number of halogens is 1. The van der Waals surface area contributed by atoms with Crippen LogP contribution in [-0.2, 0) is 18.2 Å². The van der Waals surface area contributed by atoms with Crippen molar-refractivity contribution in [2.45, 2.75) is 45.8 Å². The molecule has 1 amide bonds. The lowest BCUT2D eigenvalue weighted by atomic mass is 9.98. The van der Waals surface area contributed by atoms with Crippen molar-refractivity contribution < 1.29 is 9.53 Å². The van der Waals surface area contributed by atoms with Gasteiger partial charge in [-0.1, -0.05) is 22.0 Å². The van der Waals surface area contributed by atoms with E-state index >= 15 is 0 Å². The van der Waals surface area contributed by atoms with Crippen LogP contribution in [0.1, 0.15) is 45.0 Å². The zero-order valence-corrected chi connectivity index (χ0v) is 15.9. The maximum Gasteiger partial charge on any atom is 0.410 e. The summed E-state index contributed by atoms with van der Waals surface area (Å²) in [6.07, 6.45) is 0.625. The van der Waals surface area contributed by atoms with Crippen LogP contribution < -0.4 is 0 Å². The quantitative estimate of drug-likeness (QED) is 0.659. The molecule has 0 spiro atoms. The highest BCUT2D eigenvalue weighted by molar-refractivity contribution is 9.10. The van der Waals surface area contributed by atoms with Gasteiger partial charge >= 0.3 is 6.09 Å². The molecular weight excluding hydrogens is 356 g/mol. The molecule has 5 heteroatoms. The Labute approximate surface area is 145 Å². The highest BCUT2D eigenvalue weighted by atomic mass is 79.9. The lowest BCUT2D eigenvalue weighted by Crippen LogP contribution is -2.42. The van der Waals surface area contributed by atoms with Gasteiger partial charge in [-0.25, -0.2) is 4.79 Å². The Bertz CT molecular complexity index is 773. The minimum absolute atomic E-state index is 0.00442. The van der Waals surface area contributed by atoms with E-state index in [1.165, 1.54) is 22.2 Å². The van der Waals surface area contributed by atoms with Crippen molar-refractivity contribution in [2.24, 2.45) is 7.05 Å². The van der Waals surface area contributed by atoms with Crippen molar-refractivity contribution >= 4 is 32.9 Å². The molecule has 0 bridgehead atoms. The summed E-state index contributed by atoms with van der Waals surface area (Å²) in [7, 11) is 2.07. The first-order chi connectivity index (χ1) is 10.7. The largest absolute Gasteiger partial charge is 0.444 e. The molecule has 1 aliphatic rings. The van der Waals surface area contributed by atoms with E-state index in [0.717, 1.165) is 10.9 Å². The molecule has 0 saturated heterocycles. The summed E-state index contributed by atoms with van der Waals surface area (Å²) in [6, 6.07) is 6.38. The molecule has 2 aromatic rings. The third-order valence-corrected chi connectivity index (χ3v) is 4.90. The van der Waals surface area contributed by atoms with Crippen molar-refractivity contribution in [1.82, 2.24) is 9.47 Å². The molecule has 2 heterocycles. The zero-order valence-electron chi connectivity index (χ0n) is 14.3. The summed E-state index contributed by atoms with van der Waals surface area (Å²) in [5, 5.41) is 1.28. The van der Waals surface area contributed by atoms with E-state index in [4.69, 9.17) is 4.74 Å². The van der Waals surface area contributed by atoms with Gasteiger partial charge in [0.1, 0.15) is 5.60 Å². The zero-order chi connectivity index (χ0) is 16.9. The monoisotopic (exact) mass is 378 g/mol. The van der Waals surface area contributed by atoms with Crippen LogP contribution in [0.3, 0.4) is 0 Å². The Morgan fingerprint density at radius 3 is 2.70 bits per heavy atom. The summed E-state index contributed by atoms with van der Waals surface area (Å²) in [5.74, 6) is 0. The van der Waals surface area contributed by atoms with Crippen molar-refractivity contribution in [1.29, 1.82) is 0 Å². The van der Waals surface area contributed by atoms with E-state index < -0.39 is 5.60 Å². The lowest BCUT2D eigenvalue weighted by Gasteiger charge is -2.35.